The molecule has 2 amide bonds. The van der Waals surface area contributed by atoms with Crippen molar-refractivity contribution < 1.29 is 31.9 Å². The first-order valence-corrected chi connectivity index (χ1v) is 9.72. The van der Waals surface area contributed by atoms with Crippen molar-refractivity contribution in [3.8, 4) is 0 Å². The maximum absolute atomic E-state index is 12.4. The van der Waals surface area contributed by atoms with Gasteiger partial charge in [0.25, 0.3) is 0 Å². The average Bonchev–Trinajstić information content (AvgIpc) is 2.59. The first-order valence-electron chi connectivity index (χ1n) is 7.37. The molecular weight excluding hydrogens is 387 g/mol. The van der Waals surface area contributed by atoms with Gasteiger partial charge in [-0.15, -0.1) is 0 Å². The smallest absolute Gasteiger partial charge is 0.411 e. The number of rotatable bonds is 6. The summed E-state index contributed by atoms with van der Waals surface area (Å²) >= 11 is 0. The first-order chi connectivity index (χ1) is 12.2. The van der Waals surface area contributed by atoms with Gasteiger partial charge in [0.15, 0.2) is 0 Å². The van der Waals surface area contributed by atoms with E-state index in [4.69, 9.17) is 15.1 Å². The van der Waals surface area contributed by atoms with E-state index in [1.807, 2.05) is 0 Å². The summed E-state index contributed by atoms with van der Waals surface area (Å²) in [7, 11) is -6.22. The number of hydrogen-bond acceptors (Lipinski definition) is 7. The van der Waals surface area contributed by atoms with Crippen molar-refractivity contribution in [1.29, 1.82) is 0 Å². The number of nitrogens with two attached hydrogens (primary N) is 1. The van der Waals surface area contributed by atoms with Crippen molar-refractivity contribution in [3.05, 3.63) is 35.9 Å². The van der Waals surface area contributed by atoms with E-state index in [1.165, 1.54) is 0 Å². The SMILES string of the molecule is NN1CC[C@H](NS(=O)(=O)O)[C@](NC(=O)OCc2ccccc2)([PH+]=O)C1=O. The molecule has 1 aromatic rings. The second-order valence-electron chi connectivity index (χ2n) is 5.53. The Morgan fingerprint density at radius 2 is 2.08 bits per heavy atom. The number of carbonyl (C=O) groups excluding carboxylic acids is 2. The molecule has 0 spiro atoms. The van der Waals surface area contributed by atoms with E-state index in [-0.39, 0.29) is 19.6 Å². The van der Waals surface area contributed by atoms with Crippen LogP contribution in [0.5, 0.6) is 0 Å². The molecule has 0 radical (unpaired) electrons. The summed E-state index contributed by atoms with van der Waals surface area (Å²) in [5.41, 5.74) is 0.671. The molecular formula is C13H18N4O7PS+. The highest BCUT2D eigenvalue weighted by atomic mass is 32.2. The van der Waals surface area contributed by atoms with Crippen molar-refractivity contribution >= 4 is 30.8 Å². The topological polar surface area (TPSA) is 168 Å². The maximum atomic E-state index is 12.4. The molecule has 0 aliphatic carbocycles. The van der Waals surface area contributed by atoms with Crippen molar-refractivity contribution in [2.75, 3.05) is 6.54 Å². The third-order valence-electron chi connectivity index (χ3n) is 3.74. The Balaban J connectivity index is 2.18. The van der Waals surface area contributed by atoms with Gasteiger partial charge in [0.1, 0.15) is 12.6 Å². The number of hydrogen-bond donors (Lipinski definition) is 4. The normalized spacial score (nSPS) is 23.7. The van der Waals surface area contributed by atoms with Gasteiger partial charge in [0.2, 0.25) is 0 Å². The lowest BCUT2D eigenvalue weighted by atomic mass is 9.99. The van der Waals surface area contributed by atoms with Gasteiger partial charge in [0, 0.05) is 6.54 Å². The van der Waals surface area contributed by atoms with Crippen LogP contribution >= 0.6 is 8.46 Å². The van der Waals surface area contributed by atoms with Crippen LogP contribution in [-0.2, 0) is 31.0 Å². The fraction of sp³-hybridized carbons (Fsp3) is 0.385. The Hall–Kier alpha value is -2.11. The summed E-state index contributed by atoms with van der Waals surface area (Å²) in [5, 5.41) is 0.650. The Kier molecular flexibility index (Phi) is 6.26. The molecule has 0 saturated carbocycles. The summed E-state index contributed by atoms with van der Waals surface area (Å²) in [6.07, 6.45) is -1.18. The highest BCUT2D eigenvalue weighted by molar-refractivity contribution is 7.83. The maximum Gasteiger partial charge on any atom is 0.411 e. The summed E-state index contributed by atoms with van der Waals surface area (Å²) in [5.74, 6) is 4.54. The molecule has 1 unspecified atom stereocenters. The van der Waals surface area contributed by atoms with Gasteiger partial charge in [-0.2, -0.15) is 13.1 Å². The standard InChI is InChI=1S/C13H17N4O7PS/c14-17-7-6-10(16-26(21,22)23)13(25-20,11(17)18)15-12(19)24-8-9-4-2-1-3-5-9/h1-5,10,16H,6-8,14H2,(H,15,19)(H,21,22,23)/p+1/t10-,13-/m0/s1. The Morgan fingerprint density at radius 3 is 2.65 bits per heavy atom. The van der Waals surface area contributed by atoms with Crippen molar-refractivity contribution in [2.24, 2.45) is 5.84 Å². The van der Waals surface area contributed by atoms with Gasteiger partial charge in [0.05, 0.1) is 0 Å². The van der Waals surface area contributed by atoms with Gasteiger partial charge < -0.3 is 4.74 Å². The van der Waals surface area contributed by atoms with Gasteiger partial charge in [-0.1, -0.05) is 34.9 Å². The minimum Gasteiger partial charge on any atom is -0.445 e. The second kappa shape index (κ2) is 8.06. The van der Waals surface area contributed by atoms with E-state index >= 15 is 0 Å². The number of carbonyl (C=O) groups is 2. The number of benzene rings is 1. The van der Waals surface area contributed by atoms with Crippen LogP contribution in [0.2, 0.25) is 0 Å². The van der Waals surface area contributed by atoms with E-state index < -0.39 is 42.1 Å². The van der Waals surface area contributed by atoms with E-state index in [0.717, 1.165) is 0 Å². The Bertz CT molecular complexity index is 791. The van der Waals surface area contributed by atoms with Crippen molar-refractivity contribution in [2.45, 2.75) is 24.3 Å². The van der Waals surface area contributed by atoms with Gasteiger partial charge >= 0.3 is 36.0 Å². The molecule has 11 nitrogen and oxygen atoms in total. The molecule has 142 valence electrons. The van der Waals surface area contributed by atoms with Crippen LogP contribution < -0.4 is 15.9 Å². The third-order valence-corrected chi connectivity index (χ3v) is 5.34. The van der Waals surface area contributed by atoms with E-state index in [1.54, 1.807) is 35.1 Å². The molecule has 3 atom stereocenters. The lowest BCUT2D eigenvalue weighted by molar-refractivity contribution is -0.138. The molecule has 26 heavy (non-hydrogen) atoms. The van der Waals surface area contributed by atoms with Crippen LogP contribution in [-0.4, -0.2) is 47.8 Å². The predicted octanol–water partition coefficient (Wildman–Crippen LogP) is -0.500. The van der Waals surface area contributed by atoms with E-state index in [0.29, 0.717) is 10.6 Å². The minimum absolute atomic E-state index is 0.0704. The third kappa shape index (κ3) is 4.74. The van der Waals surface area contributed by atoms with Crippen LogP contribution in [0.3, 0.4) is 0 Å². The molecule has 5 N–H and O–H groups in total. The zero-order valence-electron chi connectivity index (χ0n) is 13.4. The van der Waals surface area contributed by atoms with Crippen LogP contribution in [0.15, 0.2) is 30.3 Å². The predicted molar refractivity (Wildman–Crippen MR) is 90.5 cm³/mol. The molecule has 0 bridgehead atoms. The minimum atomic E-state index is -4.72. The van der Waals surface area contributed by atoms with Crippen LogP contribution in [0.4, 0.5) is 4.79 Å². The number of alkyl carbamates (subject to hydrolysis) is 1. The number of amides is 2. The number of hydrazine groups is 1. The fourth-order valence-corrected chi connectivity index (χ4v) is 3.99. The largest absolute Gasteiger partial charge is 0.445 e. The summed E-state index contributed by atoms with van der Waals surface area (Å²) in [4.78, 5) is 24.5. The van der Waals surface area contributed by atoms with Crippen LogP contribution in [0, 0.1) is 0 Å². The first kappa shape index (κ1) is 20.2. The van der Waals surface area contributed by atoms with E-state index in [2.05, 4.69) is 5.32 Å². The van der Waals surface area contributed by atoms with Gasteiger partial charge in [-0.05, 0) is 12.0 Å². The van der Waals surface area contributed by atoms with Crippen molar-refractivity contribution in [1.82, 2.24) is 15.0 Å². The Labute approximate surface area is 150 Å². The molecule has 1 aliphatic rings. The summed E-state index contributed by atoms with van der Waals surface area (Å²) in [6.45, 7) is -0.194. The molecule has 1 aliphatic heterocycles. The van der Waals surface area contributed by atoms with Gasteiger partial charge in [-0.3, -0.25) is 19.7 Å². The lowest BCUT2D eigenvalue weighted by Gasteiger charge is -2.36. The zero-order chi connectivity index (χ0) is 19.4. The van der Waals surface area contributed by atoms with Crippen LogP contribution in [0.25, 0.3) is 0 Å². The summed E-state index contributed by atoms with van der Waals surface area (Å²) < 4.78 is 49.8. The van der Waals surface area contributed by atoms with Crippen molar-refractivity contribution in [3.63, 3.8) is 0 Å². The molecule has 1 heterocycles. The average molecular weight is 405 g/mol. The molecule has 2 rings (SSSR count). The molecule has 1 fully saturated rings. The molecule has 13 heteroatoms. The molecule has 0 aromatic heterocycles. The lowest BCUT2D eigenvalue weighted by Crippen LogP contribution is -2.71. The van der Waals surface area contributed by atoms with Gasteiger partial charge in [-0.25, -0.2) is 10.6 Å². The highest BCUT2D eigenvalue weighted by Crippen LogP contribution is 2.32. The summed E-state index contributed by atoms with van der Waals surface area (Å²) in [6, 6.07) is 7.28. The van der Waals surface area contributed by atoms with Crippen LogP contribution in [0.1, 0.15) is 12.0 Å². The van der Waals surface area contributed by atoms with E-state index in [9.17, 15) is 22.6 Å². The number of piperidine rings is 1. The molecule has 1 aromatic carbocycles. The monoisotopic (exact) mass is 405 g/mol. The fourth-order valence-electron chi connectivity index (χ4n) is 2.49. The highest BCUT2D eigenvalue weighted by Gasteiger charge is 2.61. The second-order valence-corrected chi connectivity index (χ2v) is 7.71. The Morgan fingerprint density at radius 1 is 1.42 bits per heavy atom. The number of nitrogens with one attached hydrogen (secondary N) is 2. The zero-order valence-corrected chi connectivity index (χ0v) is 15.2. The quantitative estimate of drug-likeness (QED) is 0.213. The number of nitrogens with zero attached hydrogens (tertiary/aromatic N) is 1. The molecule has 1 saturated heterocycles. The number of ether oxygens (including phenoxy) is 1.